The molecule has 2 amide bonds. The summed E-state index contributed by atoms with van der Waals surface area (Å²) >= 11 is 0. The van der Waals surface area contributed by atoms with Gasteiger partial charge in [0, 0.05) is 26.0 Å². The molecule has 0 unspecified atom stereocenters. The third kappa shape index (κ3) is 16.0. The van der Waals surface area contributed by atoms with Gasteiger partial charge in [0.15, 0.2) is 11.6 Å². The van der Waals surface area contributed by atoms with Crippen molar-refractivity contribution < 1.29 is 43.2 Å². The van der Waals surface area contributed by atoms with Crippen molar-refractivity contribution in [1.82, 2.24) is 10.6 Å². The van der Waals surface area contributed by atoms with Crippen LogP contribution < -0.4 is 16.4 Å². The summed E-state index contributed by atoms with van der Waals surface area (Å²) < 4.78 is 21.1. The average molecular weight is 540 g/mol. The summed E-state index contributed by atoms with van der Waals surface area (Å²) in [4.78, 5) is 48.3. The van der Waals surface area contributed by atoms with Crippen LogP contribution in [0.2, 0.25) is 0 Å². The zero-order valence-corrected chi connectivity index (χ0v) is 22.2. The van der Waals surface area contributed by atoms with Crippen molar-refractivity contribution in [2.24, 2.45) is 5.73 Å². The Bertz CT molecular complexity index is 849. The molecule has 0 aliphatic rings. The minimum absolute atomic E-state index is 0.0241. The predicted molar refractivity (Wildman–Crippen MR) is 139 cm³/mol. The van der Waals surface area contributed by atoms with E-state index >= 15 is 0 Å². The van der Waals surface area contributed by atoms with Crippen molar-refractivity contribution in [3.05, 3.63) is 29.8 Å². The molecular formula is C26H41N3O9. The summed E-state index contributed by atoms with van der Waals surface area (Å²) in [5.41, 5.74) is 6.02. The lowest BCUT2D eigenvalue weighted by Gasteiger charge is -2.20. The van der Waals surface area contributed by atoms with Gasteiger partial charge in [0.2, 0.25) is 11.8 Å². The molecular weight excluding hydrogens is 498 g/mol. The number of nitrogens with one attached hydrogen (secondary N) is 2. The molecule has 0 aliphatic heterocycles. The number of rotatable bonds is 22. The van der Waals surface area contributed by atoms with Crippen molar-refractivity contribution in [2.45, 2.75) is 45.2 Å². The van der Waals surface area contributed by atoms with Gasteiger partial charge in [-0.2, -0.15) is 0 Å². The second-order valence-electron chi connectivity index (χ2n) is 8.59. The number of carbonyl (C=O) groups excluding carboxylic acids is 4. The number of phenolic OH excluding ortho intramolecular Hbond substituents is 1. The molecule has 12 nitrogen and oxygen atoms in total. The highest BCUT2D eigenvalue weighted by atomic mass is 16.5. The zero-order valence-electron chi connectivity index (χ0n) is 22.2. The van der Waals surface area contributed by atoms with Crippen molar-refractivity contribution in [3.8, 4) is 5.75 Å². The largest absolute Gasteiger partial charge is 0.508 e. The quantitative estimate of drug-likeness (QED) is 0.145. The van der Waals surface area contributed by atoms with Gasteiger partial charge in [0.25, 0.3) is 0 Å². The number of ketones is 2. The van der Waals surface area contributed by atoms with Gasteiger partial charge in [0.1, 0.15) is 25.0 Å². The normalized spacial score (nSPS) is 12.5. The van der Waals surface area contributed by atoms with Crippen LogP contribution in [0.15, 0.2) is 24.3 Å². The molecule has 1 aromatic carbocycles. The van der Waals surface area contributed by atoms with Crippen LogP contribution in [0.1, 0.15) is 32.3 Å². The Morgan fingerprint density at radius 1 is 0.868 bits per heavy atom. The molecule has 0 fully saturated rings. The Labute approximate surface area is 223 Å². The van der Waals surface area contributed by atoms with Gasteiger partial charge >= 0.3 is 0 Å². The van der Waals surface area contributed by atoms with Gasteiger partial charge in [-0.15, -0.1) is 0 Å². The molecule has 0 aliphatic carbocycles. The predicted octanol–water partition coefficient (Wildman–Crippen LogP) is -0.112. The van der Waals surface area contributed by atoms with Crippen LogP contribution in [0, 0.1) is 0 Å². The molecule has 0 spiro atoms. The molecule has 0 heterocycles. The van der Waals surface area contributed by atoms with Gasteiger partial charge in [-0.05, 0) is 38.0 Å². The molecule has 1 rings (SSSR count). The maximum absolute atomic E-state index is 12.7. The second kappa shape index (κ2) is 20.1. The summed E-state index contributed by atoms with van der Waals surface area (Å²) in [5.74, 6) is -1.15. The summed E-state index contributed by atoms with van der Waals surface area (Å²) in [5, 5.41) is 14.7. The fourth-order valence-corrected chi connectivity index (χ4v) is 3.05. The smallest absolute Gasteiger partial charge is 0.246 e. The van der Waals surface area contributed by atoms with Crippen molar-refractivity contribution in [2.75, 3.05) is 59.4 Å². The summed E-state index contributed by atoms with van der Waals surface area (Å²) in [6.45, 7) is 5.09. The maximum atomic E-state index is 12.7. The van der Waals surface area contributed by atoms with E-state index in [9.17, 15) is 24.3 Å². The third-order valence-electron chi connectivity index (χ3n) is 5.24. The van der Waals surface area contributed by atoms with Crippen LogP contribution in [-0.2, 0) is 44.5 Å². The van der Waals surface area contributed by atoms with Crippen molar-refractivity contribution in [3.63, 3.8) is 0 Å². The first kappa shape index (κ1) is 33.1. The van der Waals surface area contributed by atoms with Crippen LogP contribution in [0.5, 0.6) is 5.75 Å². The Kier molecular flexibility index (Phi) is 17.5. The van der Waals surface area contributed by atoms with Crippen LogP contribution in [0.4, 0.5) is 0 Å². The summed E-state index contributed by atoms with van der Waals surface area (Å²) in [6.07, 6.45) is 1.04. The van der Waals surface area contributed by atoms with Crippen LogP contribution >= 0.6 is 0 Å². The van der Waals surface area contributed by atoms with E-state index in [2.05, 4.69) is 10.6 Å². The van der Waals surface area contributed by atoms with Gasteiger partial charge in [-0.3, -0.25) is 19.2 Å². The molecule has 0 bridgehead atoms. The Morgan fingerprint density at radius 2 is 1.47 bits per heavy atom. The number of hydrogen-bond donors (Lipinski definition) is 4. The maximum Gasteiger partial charge on any atom is 0.246 e. The van der Waals surface area contributed by atoms with Crippen LogP contribution in [-0.4, -0.2) is 100.0 Å². The average Bonchev–Trinajstić information content (AvgIpc) is 2.88. The molecule has 2 atom stereocenters. The van der Waals surface area contributed by atoms with E-state index in [4.69, 9.17) is 24.7 Å². The molecule has 1 aromatic rings. The van der Waals surface area contributed by atoms with E-state index in [0.29, 0.717) is 45.8 Å². The molecule has 12 heteroatoms. The Balaban J connectivity index is 2.27. The van der Waals surface area contributed by atoms with E-state index < -0.39 is 23.9 Å². The first-order chi connectivity index (χ1) is 18.2. The van der Waals surface area contributed by atoms with E-state index in [1.807, 2.05) is 0 Å². The van der Waals surface area contributed by atoms with Gasteiger partial charge in [-0.1, -0.05) is 12.1 Å². The Hall–Kier alpha value is -2.90. The topological polar surface area (TPSA) is 176 Å². The highest BCUT2D eigenvalue weighted by Crippen LogP contribution is 2.11. The highest BCUT2D eigenvalue weighted by molar-refractivity contribution is 5.92. The number of phenols is 1. The molecule has 0 radical (unpaired) electrons. The van der Waals surface area contributed by atoms with E-state index in [-0.39, 0.29) is 50.2 Å². The van der Waals surface area contributed by atoms with Crippen molar-refractivity contribution >= 4 is 23.4 Å². The lowest BCUT2D eigenvalue weighted by molar-refractivity contribution is -0.133. The highest BCUT2D eigenvalue weighted by Gasteiger charge is 2.23. The zero-order chi connectivity index (χ0) is 28.2. The molecule has 38 heavy (non-hydrogen) atoms. The second-order valence-corrected chi connectivity index (χ2v) is 8.59. The minimum atomic E-state index is -0.936. The number of amides is 2. The standard InChI is InChI=1S/C26H41N3O9/c1-19(20(2)30)28-26(34)24(16-21-5-7-22(31)8-6-21)29-25(33)18-38-15-12-35-10-3-4-23(32)17-37-14-13-36-11-9-27/h5-8,19,24,31H,3-4,9-18,27H2,1-2H3,(H,28,34)(H,29,33)/t19-,24+/m1/s1. The number of Topliss-reactive ketones (excluding diaryl/α,β-unsaturated/α-hetero) is 2. The molecule has 214 valence electrons. The number of ether oxygens (including phenoxy) is 4. The number of aromatic hydroxyl groups is 1. The molecule has 0 saturated carbocycles. The van der Waals surface area contributed by atoms with Crippen LogP contribution in [0.3, 0.4) is 0 Å². The number of hydrogen-bond acceptors (Lipinski definition) is 10. The third-order valence-corrected chi connectivity index (χ3v) is 5.24. The van der Waals surface area contributed by atoms with Crippen molar-refractivity contribution in [1.29, 1.82) is 0 Å². The summed E-state index contributed by atoms with van der Waals surface area (Å²) in [7, 11) is 0. The van der Waals surface area contributed by atoms with E-state index in [1.165, 1.54) is 19.1 Å². The lowest BCUT2D eigenvalue weighted by atomic mass is 10.0. The lowest BCUT2D eigenvalue weighted by Crippen LogP contribution is -2.52. The number of nitrogens with two attached hydrogens (primary N) is 1. The monoisotopic (exact) mass is 539 g/mol. The van der Waals surface area contributed by atoms with E-state index in [1.54, 1.807) is 19.1 Å². The molecule has 0 saturated heterocycles. The first-order valence-corrected chi connectivity index (χ1v) is 12.6. The van der Waals surface area contributed by atoms with Gasteiger partial charge < -0.3 is 40.4 Å². The molecule has 0 aromatic heterocycles. The fraction of sp³-hybridized carbons (Fsp3) is 0.615. The SMILES string of the molecule is CC(=O)[C@@H](C)NC(=O)[C@H](Cc1ccc(O)cc1)NC(=O)COCCOCCCC(=O)COCCOCCN. The minimum Gasteiger partial charge on any atom is -0.508 e. The number of benzene rings is 1. The van der Waals surface area contributed by atoms with Gasteiger partial charge in [0.05, 0.1) is 39.1 Å². The van der Waals surface area contributed by atoms with Gasteiger partial charge in [-0.25, -0.2) is 0 Å². The Morgan fingerprint density at radius 3 is 2.11 bits per heavy atom. The summed E-state index contributed by atoms with van der Waals surface area (Å²) in [6, 6.07) is 4.62. The molecule has 5 N–H and O–H groups in total. The number of carbonyl (C=O) groups is 4. The first-order valence-electron chi connectivity index (χ1n) is 12.6. The van der Waals surface area contributed by atoms with Crippen LogP contribution in [0.25, 0.3) is 0 Å². The fourth-order valence-electron chi connectivity index (χ4n) is 3.05. The van der Waals surface area contributed by atoms with E-state index in [0.717, 1.165) is 5.56 Å².